The fraction of sp³-hybridized carbons (Fsp3) is 0.719. The van der Waals surface area contributed by atoms with Gasteiger partial charge in [0.1, 0.15) is 6.04 Å². The number of piperidine rings is 1. The van der Waals surface area contributed by atoms with Crippen LogP contribution in [0.5, 0.6) is 0 Å². The Bertz CT molecular complexity index is 1250. The second-order valence-electron chi connectivity index (χ2n) is 14.1. The summed E-state index contributed by atoms with van der Waals surface area (Å²) in [5, 5.41) is 20.1. The van der Waals surface area contributed by atoms with Gasteiger partial charge in [-0.05, 0) is 71.3 Å². The number of methoxy groups -OCH3 is 1. The standard InChI is InChI=1S/C32H52N4O7S/c1-31(2,3)35-28(38)25-18-22-15-11-12-16-23(22)19-36(25)20-26(37)24(17-21-13-9-8-10-14-21)33-29(39)27(34-30(40)43-6)32(4,5)44(7,41)42/h8-10,13-14,22-27,37H,11-12,15-20H2,1-7H3,(H,33,39)(H,34,40)(H,35,38)/t22-,23?,24-,25-,26+,27+/m0/s1. The minimum atomic E-state index is -3.83. The molecule has 11 nitrogen and oxygen atoms in total. The Morgan fingerprint density at radius 1 is 1.02 bits per heavy atom. The number of alkyl carbamates (subject to hydrolysis) is 1. The van der Waals surface area contributed by atoms with Crippen LogP contribution in [0.3, 0.4) is 0 Å². The summed E-state index contributed by atoms with van der Waals surface area (Å²) in [6, 6.07) is 6.56. The monoisotopic (exact) mass is 636 g/mol. The number of aliphatic hydroxyl groups is 1. The van der Waals surface area contributed by atoms with E-state index < -0.39 is 56.4 Å². The van der Waals surface area contributed by atoms with Crippen LogP contribution in [0, 0.1) is 11.8 Å². The summed E-state index contributed by atoms with van der Waals surface area (Å²) in [6.07, 6.45) is 4.38. The van der Waals surface area contributed by atoms with E-state index in [0.29, 0.717) is 24.8 Å². The van der Waals surface area contributed by atoms with E-state index in [9.17, 15) is 27.9 Å². The van der Waals surface area contributed by atoms with Crippen molar-refractivity contribution in [3.05, 3.63) is 35.9 Å². The molecule has 0 spiro atoms. The predicted octanol–water partition coefficient (Wildman–Crippen LogP) is 2.42. The first kappa shape index (κ1) is 35.8. The summed E-state index contributed by atoms with van der Waals surface area (Å²) < 4.78 is 28.4. The van der Waals surface area contributed by atoms with Gasteiger partial charge in [0.2, 0.25) is 11.8 Å². The fourth-order valence-corrected chi connectivity index (χ4v) is 6.95. The van der Waals surface area contributed by atoms with Crippen molar-refractivity contribution in [3.8, 4) is 0 Å². The van der Waals surface area contributed by atoms with Crippen LogP contribution in [0.2, 0.25) is 0 Å². The number of carbonyl (C=O) groups excluding carboxylic acids is 3. The van der Waals surface area contributed by atoms with Crippen LogP contribution in [0.25, 0.3) is 0 Å². The molecule has 1 saturated carbocycles. The molecule has 3 rings (SSSR count). The van der Waals surface area contributed by atoms with E-state index in [2.05, 4.69) is 20.7 Å². The number of aliphatic hydroxyl groups excluding tert-OH is 1. The van der Waals surface area contributed by atoms with E-state index in [0.717, 1.165) is 44.6 Å². The molecule has 1 saturated heterocycles. The van der Waals surface area contributed by atoms with Crippen LogP contribution in [0.4, 0.5) is 4.79 Å². The van der Waals surface area contributed by atoms with Gasteiger partial charge in [0.05, 0.1) is 30.0 Å². The molecular formula is C32H52N4O7S. The molecule has 0 aromatic heterocycles. The minimum absolute atomic E-state index is 0.0744. The van der Waals surface area contributed by atoms with E-state index in [1.165, 1.54) is 13.8 Å². The van der Waals surface area contributed by atoms with Gasteiger partial charge in [-0.2, -0.15) is 0 Å². The lowest BCUT2D eigenvalue weighted by Crippen LogP contribution is -2.64. The molecule has 1 aromatic rings. The first-order chi connectivity index (χ1) is 20.4. The van der Waals surface area contributed by atoms with Gasteiger partial charge in [-0.3, -0.25) is 14.5 Å². The molecule has 1 aliphatic heterocycles. The van der Waals surface area contributed by atoms with Crippen LogP contribution >= 0.6 is 0 Å². The Kier molecular flexibility index (Phi) is 11.9. The largest absolute Gasteiger partial charge is 0.453 e. The van der Waals surface area contributed by atoms with Crippen molar-refractivity contribution in [2.45, 2.75) is 108 Å². The number of amides is 3. The highest BCUT2D eigenvalue weighted by atomic mass is 32.2. The number of benzene rings is 1. The SMILES string of the molecule is COC(=O)N[C@H](C(=O)N[C@@H](Cc1ccccc1)[C@H](O)CN1CC2CCCC[C@H]2C[C@H]1C(=O)NC(C)(C)C)C(C)(C)S(C)(=O)=O. The third-order valence-electron chi connectivity index (χ3n) is 9.18. The average Bonchev–Trinajstić information content (AvgIpc) is 2.93. The second kappa shape index (κ2) is 14.6. The fourth-order valence-electron chi connectivity index (χ4n) is 6.36. The van der Waals surface area contributed by atoms with E-state index >= 15 is 0 Å². The van der Waals surface area contributed by atoms with E-state index in [-0.39, 0.29) is 18.9 Å². The zero-order valence-electron chi connectivity index (χ0n) is 27.3. The number of rotatable bonds is 11. The minimum Gasteiger partial charge on any atom is -0.453 e. The number of nitrogens with one attached hydrogen (secondary N) is 3. The second-order valence-corrected chi connectivity index (χ2v) is 16.7. The molecule has 12 heteroatoms. The Morgan fingerprint density at radius 3 is 2.20 bits per heavy atom. The Morgan fingerprint density at radius 2 is 1.64 bits per heavy atom. The summed E-state index contributed by atoms with van der Waals surface area (Å²) in [6.45, 7) is 9.35. The van der Waals surface area contributed by atoms with Gasteiger partial charge in [-0.15, -0.1) is 0 Å². The number of fused-ring (bicyclic) bond motifs is 1. The summed E-state index contributed by atoms with van der Waals surface area (Å²) in [5.41, 5.74) is 0.438. The maximum absolute atomic E-state index is 13.8. The van der Waals surface area contributed by atoms with Crippen LogP contribution in [-0.4, -0.2) is 97.3 Å². The summed E-state index contributed by atoms with van der Waals surface area (Å²) in [7, 11) is -2.70. The highest BCUT2D eigenvalue weighted by Crippen LogP contribution is 2.39. The van der Waals surface area contributed by atoms with Gasteiger partial charge >= 0.3 is 6.09 Å². The maximum atomic E-state index is 13.8. The third-order valence-corrected chi connectivity index (χ3v) is 11.3. The van der Waals surface area contributed by atoms with Crippen molar-refractivity contribution < 1.29 is 32.6 Å². The van der Waals surface area contributed by atoms with Gasteiger partial charge in [0.25, 0.3) is 0 Å². The smallest absolute Gasteiger partial charge is 0.407 e. The van der Waals surface area contributed by atoms with Gasteiger partial charge in [0.15, 0.2) is 9.84 Å². The number of β-amino-alcohol motifs (C(OH)–C–C–N with tert-alkyl or cyclic N) is 1. The van der Waals surface area contributed by atoms with Crippen molar-refractivity contribution in [1.82, 2.24) is 20.9 Å². The maximum Gasteiger partial charge on any atom is 0.407 e. The molecule has 4 N–H and O–H groups in total. The molecule has 3 amide bonds. The summed E-state index contributed by atoms with van der Waals surface area (Å²) in [4.78, 5) is 41.5. The number of sulfone groups is 1. The molecule has 2 fully saturated rings. The van der Waals surface area contributed by atoms with E-state index in [1.807, 2.05) is 56.0 Å². The highest BCUT2D eigenvalue weighted by Gasteiger charge is 2.46. The molecule has 6 atom stereocenters. The molecule has 1 aliphatic carbocycles. The predicted molar refractivity (Wildman–Crippen MR) is 170 cm³/mol. The first-order valence-corrected chi connectivity index (χ1v) is 17.4. The highest BCUT2D eigenvalue weighted by molar-refractivity contribution is 7.92. The van der Waals surface area contributed by atoms with Crippen LogP contribution < -0.4 is 16.0 Å². The molecule has 0 radical (unpaired) electrons. The first-order valence-electron chi connectivity index (χ1n) is 15.6. The van der Waals surface area contributed by atoms with Crippen LogP contribution in [0.1, 0.15) is 72.3 Å². The Balaban J connectivity index is 1.91. The van der Waals surface area contributed by atoms with Gasteiger partial charge in [-0.25, -0.2) is 13.2 Å². The molecule has 1 unspecified atom stereocenters. The van der Waals surface area contributed by atoms with Gasteiger partial charge in [-0.1, -0.05) is 49.6 Å². The van der Waals surface area contributed by atoms with Crippen molar-refractivity contribution in [2.75, 3.05) is 26.5 Å². The van der Waals surface area contributed by atoms with Crippen molar-refractivity contribution in [3.63, 3.8) is 0 Å². The lowest BCUT2D eigenvalue weighted by Gasteiger charge is -2.47. The third kappa shape index (κ3) is 9.40. The number of carbonyl (C=O) groups is 3. The lowest BCUT2D eigenvalue weighted by atomic mass is 9.72. The number of nitrogens with zero attached hydrogens (tertiary/aromatic N) is 1. The number of ether oxygens (including phenoxy) is 1. The number of likely N-dealkylation sites (tertiary alicyclic amines) is 1. The van der Waals surface area contributed by atoms with Crippen molar-refractivity contribution in [2.24, 2.45) is 11.8 Å². The number of hydrogen-bond donors (Lipinski definition) is 4. The zero-order chi connectivity index (χ0) is 32.9. The lowest BCUT2D eigenvalue weighted by molar-refractivity contribution is -0.133. The summed E-state index contributed by atoms with van der Waals surface area (Å²) in [5.74, 6) is 0.0467. The van der Waals surface area contributed by atoms with E-state index in [4.69, 9.17) is 0 Å². The summed E-state index contributed by atoms with van der Waals surface area (Å²) >= 11 is 0. The van der Waals surface area contributed by atoms with Crippen LogP contribution in [-0.2, 0) is 30.6 Å². The molecule has 44 heavy (non-hydrogen) atoms. The van der Waals surface area contributed by atoms with Crippen LogP contribution in [0.15, 0.2) is 30.3 Å². The van der Waals surface area contributed by atoms with Crippen molar-refractivity contribution >= 4 is 27.7 Å². The molecule has 2 aliphatic rings. The number of hydrogen-bond acceptors (Lipinski definition) is 8. The van der Waals surface area contributed by atoms with Crippen molar-refractivity contribution in [1.29, 1.82) is 0 Å². The van der Waals surface area contributed by atoms with Gasteiger partial charge < -0.3 is 25.8 Å². The molecule has 248 valence electrons. The topological polar surface area (TPSA) is 154 Å². The normalized spacial score (nSPS) is 23.4. The Labute approximate surface area is 262 Å². The average molecular weight is 637 g/mol. The van der Waals surface area contributed by atoms with E-state index in [1.54, 1.807) is 0 Å². The van der Waals surface area contributed by atoms with Gasteiger partial charge in [0, 0.05) is 24.9 Å². The molecular weight excluding hydrogens is 584 g/mol. The Hall–Kier alpha value is -2.70. The quantitative estimate of drug-likeness (QED) is 0.289. The zero-order valence-corrected chi connectivity index (χ0v) is 28.1. The molecule has 0 bridgehead atoms. The molecule has 1 heterocycles. The molecule has 1 aromatic carbocycles.